The molecule has 0 aromatic carbocycles. The summed E-state index contributed by atoms with van der Waals surface area (Å²) in [6, 6.07) is 1.91. The zero-order valence-electron chi connectivity index (χ0n) is 10.3. The smallest absolute Gasteiger partial charge is 0.133 e. The van der Waals surface area contributed by atoms with Crippen molar-refractivity contribution in [2.45, 2.75) is 19.9 Å². The van der Waals surface area contributed by atoms with E-state index >= 15 is 0 Å². The van der Waals surface area contributed by atoms with Gasteiger partial charge in [0.25, 0.3) is 0 Å². The van der Waals surface area contributed by atoms with Crippen LogP contribution >= 0.6 is 0 Å². The highest BCUT2D eigenvalue weighted by Gasteiger charge is 2.19. The molecule has 90 valence electrons. The van der Waals surface area contributed by atoms with E-state index in [9.17, 15) is 0 Å². The van der Waals surface area contributed by atoms with Crippen molar-refractivity contribution in [1.29, 1.82) is 0 Å². The van der Waals surface area contributed by atoms with E-state index in [1.54, 1.807) is 6.20 Å². The molecule has 2 aromatic heterocycles. The zero-order valence-corrected chi connectivity index (χ0v) is 10.3. The van der Waals surface area contributed by atoms with Gasteiger partial charge >= 0.3 is 0 Å². The summed E-state index contributed by atoms with van der Waals surface area (Å²) >= 11 is 0. The maximum absolute atomic E-state index is 5.63. The van der Waals surface area contributed by atoms with Crippen LogP contribution in [0.3, 0.4) is 0 Å². The molecule has 0 amide bonds. The summed E-state index contributed by atoms with van der Waals surface area (Å²) in [7, 11) is 1.94. The summed E-state index contributed by atoms with van der Waals surface area (Å²) in [5.41, 5.74) is 5.93. The molecule has 2 aromatic rings. The predicted octanol–water partition coefficient (Wildman–Crippen LogP) is 0.985. The van der Waals surface area contributed by atoms with Crippen LogP contribution in [0.25, 0.3) is 0 Å². The fourth-order valence-corrected chi connectivity index (χ4v) is 1.96. The zero-order chi connectivity index (χ0) is 12.4. The Balaban J connectivity index is 2.46. The Morgan fingerprint density at radius 2 is 2.12 bits per heavy atom. The van der Waals surface area contributed by atoms with Crippen molar-refractivity contribution in [3.8, 4) is 0 Å². The van der Waals surface area contributed by atoms with E-state index in [0.717, 1.165) is 22.6 Å². The third-order valence-corrected chi connectivity index (χ3v) is 2.81. The minimum Gasteiger partial charge on any atom is -0.336 e. The van der Waals surface area contributed by atoms with E-state index in [2.05, 4.69) is 21.5 Å². The molecule has 0 radical (unpaired) electrons. The van der Waals surface area contributed by atoms with E-state index in [1.807, 2.05) is 37.9 Å². The van der Waals surface area contributed by atoms with E-state index in [-0.39, 0.29) is 6.04 Å². The number of hydrazine groups is 1. The van der Waals surface area contributed by atoms with Gasteiger partial charge in [-0.2, -0.15) is 0 Å². The molecular formula is C12H17N5. The summed E-state index contributed by atoms with van der Waals surface area (Å²) in [5, 5.41) is 0. The molecule has 0 aliphatic rings. The van der Waals surface area contributed by atoms with Gasteiger partial charge in [-0.3, -0.25) is 10.8 Å². The number of nitrogens with zero attached hydrogens (tertiary/aromatic N) is 3. The summed E-state index contributed by atoms with van der Waals surface area (Å²) in [6.07, 6.45) is 5.49. The standard InChI is InChI=1S/C12H17N5/c1-8-6-9(2)10(15-7-8)11(16-13)12-14-4-5-17(12)3/h4-7,11,16H,13H2,1-3H3. The number of nitrogens with two attached hydrogens (primary N) is 1. The van der Waals surface area contributed by atoms with Crippen LogP contribution in [0.1, 0.15) is 28.7 Å². The Morgan fingerprint density at radius 1 is 1.35 bits per heavy atom. The molecule has 1 atom stereocenters. The molecule has 0 spiro atoms. The molecule has 2 rings (SSSR count). The molecule has 0 aliphatic carbocycles. The van der Waals surface area contributed by atoms with Crippen molar-refractivity contribution >= 4 is 0 Å². The van der Waals surface area contributed by atoms with Crippen LogP contribution in [-0.2, 0) is 7.05 Å². The molecule has 0 aliphatic heterocycles. The first kappa shape index (κ1) is 11.8. The van der Waals surface area contributed by atoms with Gasteiger partial charge in [-0.25, -0.2) is 10.4 Å². The lowest BCUT2D eigenvalue weighted by Crippen LogP contribution is -2.32. The normalized spacial score (nSPS) is 12.7. The molecule has 3 N–H and O–H groups in total. The second kappa shape index (κ2) is 4.65. The average molecular weight is 231 g/mol. The van der Waals surface area contributed by atoms with Crippen molar-refractivity contribution in [1.82, 2.24) is 20.0 Å². The molecule has 1 unspecified atom stereocenters. The average Bonchev–Trinajstić information content (AvgIpc) is 2.69. The minimum absolute atomic E-state index is 0.185. The van der Waals surface area contributed by atoms with Crippen LogP contribution in [0.5, 0.6) is 0 Å². The number of imidazole rings is 1. The van der Waals surface area contributed by atoms with E-state index in [1.165, 1.54) is 0 Å². The number of nitrogens with one attached hydrogen (secondary N) is 1. The third-order valence-electron chi connectivity index (χ3n) is 2.81. The Bertz CT molecular complexity index is 517. The van der Waals surface area contributed by atoms with Crippen molar-refractivity contribution in [2.24, 2.45) is 12.9 Å². The van der Waals surface area contributed by atoms with Gasteiger partial charge in [-0.15, -0.1) is 0 Å². The van der Waals surface area contributed by atoms with Crippen LogP contribution in [0.4, 0.5) is 0 Å². The van der Waals surface area contributed by atoms with Gasteiger partial charge in [0.1, 0.15) is 11.9 Å². The summed E-state index contributed by atoms with van der Waals surface area (Å²) in [5.74, 6) is 6.48. The Kier molecular flexibility index (Phi) is 3.21. The van der Waals surface area contributed by atoms with E-state index < -0.39 is 0 Å². The van der Waals surface area contributed by atoms with E-state index in [0.29, 0.717) is 0 Å². The summed E-state index contributed by atoms with van der Waals surface area (Å²) in [4.78, 5) is 8.76. The summed E-state index contributed by atoms with van der Waals surface area (Å²) < 4.78 is 1.94. The van der Waals surface area contributed by atoms with Crippen LogP contribution < -0.4 is 11.3 Å². The topological polar surface area (TPSA) is 68.8 Å². The van der Waals surface area contributed by atoms with Crippen molar-refractivity contribution in [2.75, 3.05) is 0 Å². The largest absolute Gasteiger partial charge is 0.336 e. The van der Waals surface area contributed by atoms with Gasteiger partial charge in [0.05, 0.1) is 5.69 Å². The molecule has 0 fully saturated rings. The highest BCUT2D eigenvalue weighted by atomic mass is 15.3. The lowest BCUT2D eigenvalue weighted by molar-refractivity contribution is 0.564. The molecule has 0 bridgehead atoms. The molecule has 0 saturated heterocycles. The van der Waals surface area contributed by atoms with Gasteiger partial charge in [0, 0.05) is 25.6 Å². The predicted molar refractivity (Wildman–Crippen MR) is 66.1 cm³/mol. The number of rotatable bonds is 3. The quantitative estimate of drug-likeness (QED) is 0.610. The maximum atomic E-state index is 5.63. The van der Waals surface area contributed by atoms with Gasteiger partial charge < -0.3 is 4.57 Å². The van der Waals surface area contributed by atoms with Crippen molar-refractivity contribution in [3.63, 3.8) is 0 Å². The van der Waals surface area contributed by atoms with Gasteiger partial charge in [0.15, 0.2) is 0 Å². The first-order valence-electron chi connectivity index (χ1n) is 5.50. The van der Waals surface area contributed by atoms with Gasteiger partial charge in [-0.05, 0) is 25.0 Å². The minimum atomic E-state index is -0.185. The number of hydrogen-bond donors (Lipinski definition) is 2. The SMILES string of the molecule is Cc1cnc(C(NN)c2nccn2C)c(C)c1. The molecular weight excluding hydrogens is 214 g/mol. The number of hydrogen-bond acceptors (Lipinski definition) is 4. The molecule has 2 heterocycles. The lowest BCUT2D eigenvalue weighted by Gasteiger charge is -2.17. The number of aromatic nitrogens is 3. The number of pyridine rings is 1. The highest BCUT2D eigenvalue weighted by Crippen LogP contribution is 2.21. The maximum Gasteiger partial charge on any atom is 0.133 e. The molecule has 17 heavy (non-hydrogen) atoms. The monoisotopic (exact) mass is 231 g/mol. The second-order valence-corrected chi connectivity index (χ2v) is 4.21. The first-order valence-corrected chi connectivity index (χ1v) is 5.50. The lowest BCUT2D eigenvalue weighted by atomic mass is 10.1. The third kappa shape index (κ3) is 2.20. The molecule has 5 heteroatoms. The first-order chi connectivity index (χ1) is 8.13. The molecule has 0 saturated carbocycles. The fourth-order valence-electron chi connectivity index (χ4n) is 1.96. The summed E-state index contributed by atoms with van der Waals surface area (Å²) in [6.45, 7) is 4.05. The molecule has 5 nitrogen and oxygen atoms in total. The van der Waals surface area contributed by atoms with E-state index in [4.69, 9.17) is 5.84 Å². The Labute approximate surface area is 101 Å². The van der Waals surface area contributed by atoms with Crippen LogP contribution in [0, 0.1) is 13.8 Å². The van der Waals surface area contributed by atoms with Gasteiger partial charge in [0.2, 0.25) is 0 Å². The van der Waals surface area contributed by atoms with Crippen LogP contribution in [0.15, 0.2) is 24.7 Å². The van der Waals surface area contributed by atoms with Crippen molar-refractivity contribution < 1.29 is 0 Å². The van der Waals surface area contributed by atoms with Crippen LogP contribution in [0.2, 0.25) is 0 Å². The van der Waals surface area contributed by atoms with Crippen molar-refractivity contribution in [3.05, 3.63) is 47.3 Å². The fraction of sp³-hybridized carbons (Fsp3) is 0.333. The Hall–Kier alpha value is -1.72. The number of aryl methyl sites for hydroxylation is 3. The second-order valence-electron chi connectivity index (χ2n) is 4.21. The highest BCUT2D eigenvalue weighted by molar-refractivity contribution is 5.29. The Morgan fingerprint density at radius 3 is 2.65 bits per heavy atom. The van der Waals surface area contributed by atoms with Gasteiger partial charge in [-0.1, -0.05) is 6.07 Å². The van der Waals surface area contributed by atoms with Crippen LogP contribution in [-0.4, -0.2) is 14.5 Å².